The highest BCUT2D eigenvalue weighted by Gasteiger charge is 2.28. The molecule has 3 rings (SSSR count). The number of fused-ring (bicyclic) bond motifs is 1. The molecule has 2 N–H and O–H groups in total. The molecule has 0 saturated carbocycles. The summed E-state index contributed by atoms with van der Waals surface area (Å²) in [5.74, 6) is 0.332. The molecule has 0 spiro atoms. The molecule has 150 valence electrons. The number of hydrogen-bond donors (Lipinski definition) is 2. The molecule has 0 amide bonds. The summed E-state index contributed by atoms with van der Waals surface area (Å²) in [5.41, 5.74) is 0.754. The van der Waals surface area contributed by atoms with Gasteiger partial charge >= 0.3 is 0 Å². The summed E-state index contributed by atoms with van der Waals surface area (Å²) in [5, 5.41) is 25.5. The van der Waals surface area contributed by atoms with E-state index in [9.17, 15) is 10.4 Å². The Morgan fingerprint density at radius 3 is 2.62 bits per heavy atom. The molecule has 0 aliphatic carbocycles. The number of aliphatic hydroxyl groups excluding tert-OH is 1. The van der Waals surface area contributed by atoms with E-state index in [4.69, 9.17) is 16.3 Å². The SMILES string of the molecule is CC(O)C(NC(C)(C)Cc1cc2ccccc2cn1)Oc1cccc(Cl)c1C#N. The average Bonchev–Trinajstić information content (AvgIpc) is 2.67. The number of pyridine rings is 1. The smallest absolute Gasteiger partial charge is 0.176 e. The second-order valence-electron chi connectivity index (χ2n) is 7.73. The van der Waals surface area contributed by atoms with Crippen LogP contribution in [0.5, 0.6) is 5.75 Å². The first kappa shape index (κ1) is 21.1. The van der Waals surface area contributed by atoms with Crippen LogP contribution in [0.1, 0.15) is 32.0 Å². The van der Waals surface area contributed by atoms with E-state index < -0.39 is 17.9 Å². The number of nitrogens with one attached hydrogen (secondary N) is 1. The van der Waals surface area contributed by atoms with Crippen LogP contribution in [0.4, 0.5) is 0 Å². The lowest BCUT2D eigenvalue weighted by Gasteiger charge is -2.33. The van der Waals surface area contributed by atoms with Crippen LogP contribution in [0.15, 0.2) is 54.7 Å². The van der Waals surface area contributed by atoms with Crippen LogP contribution < -0.4 is 10.1 Å². The topological polar surface area (TPSA) is 78.2 Å². The maximum Gasteiger partial charge on any atom is 0.176 e. The molecule has 2 aromatic carbocycles. The van der Waals surface area contributed by atoms with E-state index in [1.807, 2.05) is 38.2 Å². The van der Waals surface area contributed by atoms with Gasteiger partial charge in [0.1, 0.15) is 23.5 Å². The van der Waals surface area contributed by atoms with Gasteiger partial charge in [-0.1, -0.05) is 41.9 Å². The van der Waals surface area contributed by atoms with Crippen molar-refractivity contribution >= 4 is 22.4 Å². The third-order valence-electron chi connectivity index (χ3n) is 4.62. The maximum absolute atomic E-state index is 10.3. The van der Waals surface area contributed by atoms with Crippen molar-refractivity contribution in [1.82, 2.24) is 10.3 Å². The van der Waals surface area contributed by atoms with Gasteiger partial charge in [-0.3, -0.25) is 10.3 Å². The Morgan fingerprint density at radius 2 is 1.93 bits per heavy atom. The zero-order valence-electron chi connectivity index (χ0n) is 16.7. The highest BCUT2D eigenvalue weighted by molar-refractivity contribution is 6.31. The standard InChI is InChI=1S/C23H24ClN3O2/c1-15(28)22(29-21-10-6-9-20(24)19(21)13-25)27-23(2,3)12-18-11-16-7-4-5-8-17(16)14-26-18/h4-11,14-15,22,27-28H,12H2,1-3H3. The van der Waals surface area contributed by atoms with Gasteiger partial charge in [-0.25, -0.2) is 0 Å². The molecule has 2 unspecified atom stereocenters. The van der Waals surface area contributed by atoms with Gasteiger partial charge in [0.2, 0.25) is 0 Å². The quantitative estimate of drug-likeness (QED) is 0.563. The van der Waals surface area contributed by atoms with Crippen molar-refractivity contribution in [1.29, 1.82) is 5.26 Å². The molecule has 29 heavy (non-hydrogen) atoms. The van der Waals surface area contributed by atoms with Crippen molar-refractivity contribution in [3.63, 3.8) is 0 Å². The lowest BCUT2D eigenvalue weighted by Crippen LogP contribution is -2.54. The minimum atomic E-state index is -0.815. The fourth-order valence-corrected chi connectivity index (χ4v) is 3.42. The fraction of sp³-hybridized carbons (Fsp3) is 0.304. The number of rotatable bonds is 7. The van der Waals surface area contributed by atoms with Gasteiger partial charge in [0, 0.05) is 29.2 Å². The number of hydrogen-bond acceptors (Lipinski definition) is 5. The minimum Gasteiger partial charge on any atom is -0.471 e. The lowest BCUT2D eigenvalue weighted by atomic mass is 9.96. The predicted molar refractivity (Wildman–Crippen MR) is 115 cm³/mol. The average molecular weight is 410 g/mol. The van der Waals surface area contributed by atoms with Gasteiger partial charge in [0.05, 0.1) is 5.02 Å². The number of nitrogens with zero attached hydrogens (tertiary/aromatic N) is 2. The Bertz CT molecular complexity index is 1040. The van der Waals surface area contributed by atoms with Crippen molar-refractivity contribution < 1.29 is 9.84 Å². The van der Waals surface area contributed by atoms with Crippen molar-refractivity contribution in [2.24, 2.45) is 0 Å². The fourth-order valence-electron chi connectivity index (χ4n) is 3.21. The maximum atomic E-state index is 10.3. The summed E-state index contributed by atoms with van der Waals surface area (Å²) in [7, 11) is 0. The Morgan fingerprint density at radius 1 is 1.21 bits per heavy atom. The van der Waals surface area contributed by atoms with Crippen molar-refractivity contribution in [2.75, 3.05) is 0 Å². The number of aromatic nitrogens is 1. The Balaban J connectivity index is 1.78. The Hall–Kier alpha value is -2.65. The first-order valence-electron chi connectivity index (χ1n) is 9.44. The minimum absolute atomic E-state index is 0.246. The summed E-state index contributed by atoms with van der Waals surface area (Å²) < 4.78 is 5.93. The number of benzene rings is 2. The van der Waals surface area contributed by atoms with Gasteiger partial charge in [-0.05, 0) is 44.4 Å². The first-order valence-corrected chi connectivity index (χ1v) is 9.81. The molecular weight excluding hydrogens is 386 g/mol. The lowest BCUT2D eigenvalue weighted by molar-refractivity contribution is 0.00863. The summed E-state index contributed by atoms with van der Waals surface area (Å²) in [6.07, 6.45) is 0.958. The Kier molecular flexibility index (Phi) is 6.39. The molecule has 0 saturated heterocycles. The predicted octanol–water partition coefficient (Wildman–Crippen LogP) is 4.46. The molecule has 0 aliphatic rings. The van der Waals surface area contributed by atoms with Crippen molar-refractivity contribution in [3.05, 3.63) is 71.0 Å². The largest absolute Gasteiger partial charge is 0.471 e. The highest BCUT2D eigenvalue weighted by atomic mass is 35.5. The zero-order valence-corrected chi connectivity index (χ0v) is 17.4. The number of halogens is 1. The third kappa shape index (κ3) is 5.24. The molecule has 1 heterocycles. The monoisotopic (exact) mass is 409 g/mol. The van der Waals surface area contributed by atoms with E-state index in [-0.39, 0.29) is 5.56 Å². The molecule has 0 radical (unpaired) electrons. The molecule has 0 aliphatic heterocycles. The second-order valence-corrected chi connectivity index (χ2v) is 8.14. The Labute approximate surface area is 175 Å². The van der Waals surface area contributed by atoms with Crippen LogP contribution in [0, 0.1) is 11.3 Å². The molecule has 1 aromatic heterocycles. The van der Waals surface area contributed by atoms with Crippen molar-refractivity contribution in [2.45, 2.75) is 45.1 Å². The van der Waals surface area contributed by atoms with Crippen molar-refractivity contribution in [3.8, 4) is 11.8 Å². The number of ether oxygens (including phenoxy) is 1. The van der Waals surface area contributed by atoms with Crippen LogP contribution >= 0.6 is 11.6 Å². The summed E-state index contributed by atoms with van der Waals surface area (Å²) in [6, 6.07) is 17.2. The van der Waals surface area contributed by atoms with Gasteiger partial charge in [0.25, 0.3) is 0 Å². The molecule has 0 fully saturated rings. The van der Waals surface area contributed by atoms with Gasteiger partial charge in [-0.15, -0.1) is 0 Å². The second kappa shape index (κ2) is 8.79. The zero-order chi connectivity index (χ0) is 21.0. The van der Waals surface area contributed by atoms with Crippen LogP contribution in [0.2, 0.25) is 5.02 Å². The van der Waals surface area contributed by atoms with Crippen LogP contribution in [0.3, 0.4) is 0 Å². The van der Waals surface area contributed by atoms with E-state index in [1.165, 1.54) is 0 Å². The third-order valence-corrected chi connectivity index (χ3v) is 4.94. The summed E-state index contributed by atoms with van der Waals surface area (Å²) in [4.78, 5) is 4.56. The van der Waals surface area contributed by atoms with Crippen LogP contribution in [-0.4, -0.2) is 28.0 Å². The van der Waals surface area contributed by atoms with Crippen LogP contribution in [0.25, 0.3) is 10.8 Å². The van der Waals surface area contributed by atoms with E-state index in [1.54, 1.807) is 25.1 Å². The van der Waals surface area contributed by atoms with E-state index >= 15 is 0 Å². The molecule has 5 nitrogen and oxygen atoms in total. The molecular formula is C23H24ClN3O2. The molecule has 2 atom stereocenters. The molecule has 3 aromatic rings. The number of aliphatic hydroxyl groups is 1. The van der Waals surface area contributed by atoms with Gasteiger partial charge in [0.15, 0.2) is 6.23 Å². The van der Waals surface area contributed by atoms with Gasteiger partial charge in [-0.2, -0.15) is 5.26 Å². The van der Waals surface area contributed by atoms with Crippen LogP contribution in [-0.2, 0) is 6.42 Å². The first-order chi connectivity index (χ1) is 13.8. The highest BCUT2D eigenvalue weighted by Crippen LogP contribution is 2.27. The van der Waals surface area contributed by atoms with E-state index in [0.29, 0.717) is 17.2 Å². The van der Waals surface area contributed by atoms with E-state index in [2.05, 4.69) is 28.5 Å². The van der Waals surface area contributed by atoms with Gasteiger partial charge < -0.3 is 9.84 Å². The summed E-state index contributed by atoms with van der Waals surface area (Å²) >= 11 is 6.09. The van der Waals surface area contributed by atoms with E-state index in [0.717, 1.165) is 16.5 Å². The number of nitriles is 1. The molecule has 0 bridgehead atoms. The normalized spacial score (nSPS) is 13.7. The summed E-state index contributed by atoms with van der Waals surface area (Å²) in [6.45, 7) is 5.68. The molecule has 6 heteroatoms.